The average molecular weight is 379 g/mol. The molecule has 0 saturated carbocycles. The molecule has 1 aliphatic rings. The molecular formula is C20H25N7O. The predicted octanol–water partition coefficient (Wildman–Crippen LogP) is 2.46. The van der Waals surface area contributed by atoms with Crippen molar-refractivity contribution in [2.24, 2.45) is 0 Å². The Morgan fingerprint density at radius 3 is 2.79 bits per heavy atom. The topological polar surface area (TPSA) is 89.0 Å². The minimum absolute atomic E-state index is 0.107. The zero-order valence-corrected chi connectivity index (χ0v) is 16.7. The van der Waals surface area contributed by atoms with Gasteiger partial charge in [0.1, 0.15) is 5.52 Å². The van der Waals surface area contributed by atoms with Gasteiger partial charge in [-0.3, -0.25) is 0 Å². The van der Waals surface area contributed by atoms with Crippen LogP contribution in [-0.4, -0.2) is 56.9 Å². The molecule has 8 heteroatoms. The summed E-state index contributed by atoms with van der Waals surface area (Å²) in [5.74, 6) is 1.21. The highest BCUT2D eigenvalue weighted by Gasteiger charge is 2.27. The number of nitrogens with one attached hydrogen (secondary N) is 1. The van der Waals surface area contributed by atoms with Crippen molar-refractivity contribution in [3.63, 3.8) is 0 Å². The molecule has 0 bridgehead atoms. The number of anilines is 1. The molecule has 4 rings (SSSR count). The molecule has 1 atom stereocenters. The first-order valence-corrected chi connectivity index (χ1v) is 9.45. The van der Waals surface area contributed by atoms with Crippen molar-refractivity contribution in [2.75, 3.05) is 25.1 Å². The average Bonchev–Trinajstić information content (AvgIpc) is 3.14. The van der Waals surface area contributed by atoms with Crippen molar-refractivity contribution in [1.29, 1.82) is 0 Å². The third-order valence-corrected chi connectivity index (χ3v) is 4.67. The van der Waals surface area contributed by atoms with Crippen LogP contribution < -0.4 is 15.0 Å². The molecule has 3 aromatic rings. The van der Waals surface area contributed by atoms with Crippen LogP contribution in [0.5, 0.6) is 5.88 Å². The van der Waals surface area contributed by atoms with Gasteiger partial charge in [-0.25, -0.2) is 15.0 Å². The van der Waals surface area contributed by atoms with E-state index < -0.39 is 0 Å². The largest absolute Gasteiger partial charge is 0.480 e. The fraction of sp³-hybridized carbons (Fsp3) is 0.450. The van der Waals surface area contributed by atoms with E-state index in [0.717, 1.165) is 47.7 Å². The zero-order valence-electron chi connectivity index (χ0n) is 16.7. The van der Waals surface area contributed by atoms with Gasteiger partial charge in [-0.1, -0.05) is 0 Å². The molecule has 28 heavy (non-hydrogen) atoms. The van der Waals surface area contributed by atoms with E-state index in [2.05, 4.69) is 51.2 Å². The van der Waals surface area contributed by atoms with Crippen molar-refractivity contribution in [1.82, 2.24) is 30.5 Å². The maximum atomic E-state index is 5.14. The van der Waals surface area contributed by atoms with Gasteiger partial charge < -0.3 is 15.0 Å². The van der Waals surface area contributed by atoms with Crippen LogP contribution in [0.25, 0.3) is 22.3 Å². The summed E-state index contributed by atoms with van der Waals surface area (Å²) in [5, 5.41) is 11.5. The van der Waals surface area contributed by atoms with E-state index in [9.17, 15) is 0 Å². The lowest BCUT2D eigenvalue weighted by molar-refractivity contribution is 0.373. The summed E-state index contributed by atoms with van der Waals surface area (Å²) in [7, 11) is 1.57. The van der Waals surface area contributed by atoms with Gasteiger partial charge in [-0.05, 0) is 39.3 Å². The Balaban J connectivity index is 1.56. The van der Waals surface area contributed by atoms with Gasteiger partial charge in [0, 0.05) is 36.3 Å². The second kappa shape index (κ2) is 7.27. The molecule has 1 N–H and O–H groups in total. The molecule has 0 aliphatic carbocycles. The highest BCUT2D eigenvalue weighted by molar-refractivity contribution is 5.78. The molecule has 0 aromatic carbocycles. The lowest BCUT2D eigenvalue weighted by Gasteiger charge is -2.26. The van der Waals surface area contributed by atoms with Crippen molar-refractivity contribution in [2.45, 2.75) is 38.8 Å². The molecule has 3 aromatic heterocycles. The molecule has 0 radical (unpaired) electrons. The Kier molecular flexibility index (Phi) is 4.80. The van der Waals surface area contributed by atoms with Crippen LogP contribution in [0, 0.1) is 0 Å². The van der Waals surface area contributed by atoms with Crippen LogP contribution in [0.1, 0.15) is 27.2 Å². The number of ether oxygens (including phenoxy) is 1. The minimum Gasteiger partial charge on any atom is -0.480 e. The van der Waals surface area contributed by atoms with Gasteiger partial charge >= 0.3 is 0 Å². The predicted molar refractivity (Wildman–Crippen MR) is 108 cm³/mol. The van der Waals surface area contributed by atoms with Crippen LogP contribution in [0.2, 0.25) is 0 Å². The van der Waals surface area contributed by atoms with Gasteiger partial charge in [0.05, 0.1) is 30.7 Å². The number of hydrogen-bond donors (Lipinski definition) is 1. The first kappa shape index (κ1) is 18.5. The second-order valence-corrected chi connectivity index (χ2v) is 8.08. The maximum Gasteiger partial charge on any atom is 0.233 e. The molecule has 0 amide bonds. The number of hydrogen-bond acceptors (Lipinski definition) is 8. The molecule has 4 heterocycles. The van der Waals surface area contributed by atoms with E-state index in [1.807, 2.05) is 18.2 Å². The molecule has 146 valence electrons. The molecule has 0 spiro atoms. The van der Waals surface area contributed by atoms with Gasteiger partial charge in [0.2, 0.25) is 11.8 Å². The summed E-state index contributed by atoms with van der Waals surface area (Å²) in [6.45, 7) is 8.45. The summed E-state index contributed by atoms with van der Waals surface area (Å²) in [4.78, 5) is 16.2. The number of aromatic nitrogens is 5. The Bertz CT molecular complexity index is 986. The number of methoxy groups -OCH3 is 1. The highest BCUT2D eigenvalue weighted by Crippen LogP contribution is 2.24. The minimum atomic E-state index is 0.107. The third kappa shape index (κ3) is 4.01. The summed E-state index contributed by atoms with van der Waals surface area (Å²) in [6.07, 6.45) is 4.54. The first-order valence-electron chi connectivity index (χ1n) is 9.45. The van der Waals surface area contributed by atoms with Crippen LogP contribution in [0.3, 0.4) is 0 Å². The Morgan fingerprint density at radius 2 is 2.00 bits per heavy atom. The first-order chi connectivity index (χ1) is 13.4. The van der Waals surface area contributed by atoms with Gasteiger partial charge in [0.25, 0.3) is 0 Å². The summed E-state index contributed by atoms with van der Waals surface area (Å²) in [5.41, 5.74) is 3.31. The zero-order chi connectivity index (χ0) is 19.7. The summed E-state index contributed by atoms with van der Waals surface area (Å²) < 4.78 is 5.14. The lowest BCUT2D eigenvalue weighted by atomic mass is 10.1. The monoisotopic (exact) mass is 379 g/mol. The third-order valence-electron chi connectivity index (χ3n) is 4.67. The Labute approximate surface area is 164 Å². The van der Waals surface area contributed by atoms with Crippen LogP contribution in [0.4, 0.5) is 5.95 Å². The number of pyridine rings is 1. The van der Waals surface area contributed by atoms with E-state index in [4.69, 9.17) is 9.72 Å². The number of fused-ring (bicyclic) bond motifs is 1. The van der Waals surface area contributed by atoms with Gasteiger partial charge in [-0.2, -0.15) is 5.10 Å². The standard InChI is InChI=1S/C20H25N7O/c1-20(2,3)25-14-7-8-27(12-14)19-21-11-17-16(24-19)6-5-15(23-17)13-9-18(28-4)26-22-10-13/h5-6,9-11,14,25H,7-8,12H2,1-4H3. The number of nitrogens with zero attached hydrogens (tertiary/aromatic N) is 6. The van der Waals surface area contributed by atoms with E-state index in [1.54, 1.807) is 19.5 Å². The van der Waals surface area contributed by atoms with E-state index in [1.165, 1.54) is 0 Å². The van der Waals surface area contributed by atoms with Crippen molar-refractivity contribution in [3.8, 4) is 17.1 Å². The molecule has 1 unspecified atom stereocenters. The van der Waals surface area contributed by atoms with Crippen LogP contribution in [0.15, 0.2) is 30.6 Å². The smallest absolute Gasteiger partial charge is 0.233 e. The molecule has 1 saturated heterocycles. The van der Waals surface area contributed by atoms with E-state index in [-0.39, 0.29) is 5.54 Å². The summed E-state index contributed by atoms with van der Waals surface area (Å²) >= 11 is 0. The van der Waals surface area contributed by atoms with Crippen molar-refractivity contribution < 1.29 is 4.74 Å². The number of rotatable bonds is 4. The van der Waals surface area contributed by atoms with Crippen LogP contribution in [-0.2, 0) is 0 Å². The van der Waals surface area contributed by atoms with E-state index in [0.29, 0.717) is 11.9 Å². The molecule has 1 aliphatic heterocycles. The Hall–Kier alpha value is -2.87. The molecule has 8 nitrogen and oxygen atoms in total. The van der Waals surface area contributed by atoms with Gasteiger partial charge in [-0.15, -0.1) is 5.10 Å². The SMILES string of the molecule is COc1cc(-c2ccc3nc(N4CCC(NC(C)(C)C)C4)ncc3n2)cnn1. The lowest BCUT2D eigenvalue weighted by Crippen LogP contribution is -2.45. The molecule has 1 fully saturated rings. The van der Waals surface area contributed by atoms with Crippen molar-refractivity contribution in [3.05, 3.63) is 30.6 Å². The molecular weight excluding hydrogens is 354 g/mol. The van der Waals surface area contributed by atoms with Gasteiger partial charge in [0.15, 0.2) is 0 Å². The summed E-state index contributed by atoms with van der Waals surface area (Å²) in [6, 6.07) is 6.16. The van der Waals surface area contributed by atoms with E-state index >= 15 is 0 Å². The normalized spacial score (nSPS) is 17.3. The Morgan fingerprint density at radius 1 is 1.14 bits per heavy atom. The van der Waals surface area contributed by atoms with Crippen molar-refractivity contribution >= 4 is 17.0 Å². The maximum absolute atomic E-state index is 5.14. The quantitative estimate of drug-likeness (QED) is 0.739. The fourth-order valence-electron chi connectivity index (χ4n) is 3.48. The second-order valence-electron chi connectivity index (χ2n) is 8.08. The highest BCUT2D eigenvalue weighted by atomic mass is 16.5. The fourth-order valence-corrected chi connectivity index (χ4v) is 3.48. The van der Waals surface area contributed by atoms with Crippen LogP contribution >= 0.6 is 0 Å².